The molecular weight excluding hydrogens is 1440 g/mol. The number of rotatable bonds is 36. The van der Waals surface area contributed by atoms with Crippen molar-refractivity contribution in [3.05, 3.63) is 108 Å². The first-order valence-electron chi connectivity index (χ1n) is 33.4. The van der Waals surface area contributed by atoms with Crippen LogP contribution < -0.4 is 21.3 Å². The van der Waals surface area contributed by atoms with Gasteiger partial charge < -0.3 is 97.1 Å². The first-order chi connectivity index (χ1) is 49.3. The Hall–Kier alpha value is -7.95. The maximum Gasteiger partial charge on any atom is 0.306 e. The minimum atomic E-state index is -2.53. The molecule has 0 saturated carbocycles. The lowest BCUT2D eigenvalue weighted by atomic mass is 9.91. The van der Waals surface area contributed by atoms with Gasteiger partial charge in [0.1, 0.15) is 36.3 Å². The lowest BCUT2D eigenvalue weighted by Gasteiger charge is -2.51. The van der Waals surface area contributed by atoms with Gasteiger partial charge in [-0.2, -0.15) is 0 Å². The van der Waals surface area contributed by atoms with E-state index in [1.807, 2.05) is 0 Å². The van der Waals surface area contributed by atoms with E-state index in [1.54, 1.807) is 91.0 Å². The standard InChI is InChI=1S/C70H89Cl3N4O27/c1-37(78)26-27-53(85)102-62-58(94-35-48-22-16-12-17-23-48)55(75-65(87)51(100-45(9)83)29-32-91-42(6)80)39(3)97-68(62)104-63-59(95-36-49-24-18-13-19-25-49)56(76-66(88)52(101-46(10)84)30-33-92-43(7)81)40(4)98-69(63)103-60-57(93-34-47-20-14-11-15-21-47)54(38(2)96-61(60)67(89)77-70(71,72)73)74-64(86)50(99-44(8)82)28-31-90-41(5)79/h11-25,38-40,50-52,54-63,68-69H,26-36H2,1-10H3,(H,74,86)(H,75,87)(H,76,88)(H,77,89)/t38-,39-,40-,50-,51-,52-,54-,55-,56-,57+,58+,59+,60+,61?,62+,63+,68-,69-/m1/s1. The summed E-state index contributed by atoms with van der Waals surface area (Å²) < 4.78 is 90.4. The molecule has 4 N–H and O–H groups in total. The number of halogens is 3. The van der Waals surface area contributed by atoms with Crippen molar-refractivity contribution >= 4 is 106 Å². The van der Waals surface area contributed by atoms with Gasteiger partial charge in [-0.05, 0) is 44.4 Å². The summed E-state index contributed by atoms with van der Waals surface area (Å²) in [4.78, 5) is 160. The lowest BCUT2D eigenvalue weighted by molar-refractivity contribution is -0.367. The summed E-state index contributed by atoms with van der Waals surface area (Å²) in [6.07, 6.45) is -27.1. The van der Waals surface area contributed by atoms with Crippen molar-refractivity contribution in [3.63, 3.8) is 0 Å². The van der Waals surface area contributed by atoms with Gasteiger partial charge in [-0.1, -0.05) is 126 Å². The van der Waals surface area contributed by atoms with Crippen molar-refractivity contribution in [3.8, 4) is 0 Å². The Balaban J connectivity index is 1.62. The Bertz CT molecular complexity index is 3370. The van der Waals surface area contributed by atoms with Crippen LogP contribution in [0.5, 0.6) is 0 Å². The van der Waals surface area contributed by atoms with Crippen LogP contribution in [0.2, 0.25) is 0 Å². The minimum absolute atomic E-state index is 0.264. The predicted octanol–water partition coefficient (Wildman–Crippen LogP) is 4.62. The van der Waals surface area contributed by atoms with Crippen LogP contribution in [0.15, 0.2) is 91.0 Å². The minimum Gasteiger partial charge on any atom is -0.466 e. The van der Waals surface area contributed by atoms with E-state index >= 15 is 0 Å². The third-order valence-electron chi connectivity index (χ3n) is 16.1. The van der Waals surface area contributed by atoms with E-state index in [2.05, 4.69) is 21.3 Å². The molecule has 6 rings (SSSR count). The molecule has 572 valence electrons. The van der Waals surface area contributed by atoms with Gasteiger partial charge in [0.05, 0.1) is 82.5 Å². The van der Waals surface area contributed by atoms with Gasteiger partial charge in [-0.25, -0.2) is 0 Å². The summed E-state index contributed by atoms with van der Waals surface area (Å²) in [6.45, 7) is 10.2. The lowest BCUT2D eigenvalue weighted by Crippen LogP contribution is -2.71. The van der Waals surface area contributed by atoms with E-state index in [0.717, 1.165) is 41.5 Å². The van der Waals surface area contributed by atoms with Gasteiger partial charge in [-0.15, -0.1) is 0 Å². The number of amides is 4. The van der Waals surface area contributed by atoms with Gasteiger partial charge >= 0.3 is 41.8 Å². The zero-order valence-corrected chi connectivity index (χ0v) is 61.3. The average molecular weight is 1520 g/mol. The molecule has 0 spiro atoms. The SMILES string of the molecule is CC(=O)CCC(=O)O[C@@H]1[C@@H](O[C@@H]2[C@@H](O[C@@H]3C(C(=O)NC(Cl)(Cl)Cl)O[C@H](C)[C@@H](NC(=O)[C@@H](CCOC(C)=O)OC(C)=O)[C@@H]3OCc3ccccc3)O[C@H](C)[C@@H](NC(=O)[C@@H](CCOC(C)=O)OC(C)=O)[C@@H]2OCc2ccccc2)O[C@H](C)[C@@H](NC(=O)[C@@H](CCOC(C)=O)OC(C)=O)[C@@H]1OCc1ccccc1. The van der Waals surface area contributed by atoms with Crippen LogP contribution in [0.1, 0.15) is 118 Å². The molecule has 3 heterocycles. The fourth-order valence-electron chi connectivity index (χ4n) is 11.4. The van der Waals surface area contributed by atoms with E-state index in [9.17, 15) is 57.5 Å². The maximum absolute atomic E-state index is 14.9. The maximum atomic E-state index is 14.9. The number of carbonyl (C=O) groups is 12. The number of benzene rings is 3. The molecule has 1 unspecified atom stereocenters. The normalized spacial score (nSPS) is 25.3. The monoisotopic (exact) mass is 1520 g/mol. The molecule has 3 aliphatic rings. The molecular formula is C70H89Cl3N4O27. The number of hydrogen-bond acceptors (Lipinski definition) is 27. The van der Waals surface area contributed by atoms with Crippen molar-refractivity contribution in [2.45, 2.75) is 235 Å². The fourth-order valence-corrected chi connectivity index (χ4v) is 11.7. The Morgan fingerprint density at radius 2 is 0.750 bits per heavy atom. The molecule has 3 fully saturated rings. The Morgan fingerprint density at radius 3 is 1.09 bits per heavy atom. The van der Waals surface area contributed by atoms with Gasteiger partial charge in [0.25, 0.3) is 27.5 Å². The molecule has 18 atom stereocenters. The van der Waals surface area contributed by atoms with Crippen molar-refractivity contribution in [2.75, 3.05) is 19.8 Å². The van der Waals surface area contributed by atoms with Crippen molar-refractivity contribution < 1.29 is 129 Å². The number of hydrogen-bond donors (Lipinski definition) is 4. The van der Waals surface area contributed by atoms with Crippen LogP contribution in [0.4, 0.5) is 0 Å². The van der Waals surface area contributed by atoms with Crippen molar-refractivity contribution in [2.24, 2.45) is 0 Å². The number of alkyl halides is 3. The number of carbonyl (C=O) groups excluding carboxylic acids is 12. The van der Waals surface area contributed by atoms with Gasteiger partial charge in [-0.3, -0.25) is 52.7 Å². The number of ketones is 1. The number of ether oxygens (including phenoxy) is 15. The van der Waals surface area contributed by atoms with Crippen LogP contribution in [-0.2, 0) is 148 Å². The number of nitrogens with one attached hydrogen (secondary N) is 4. The van der Waals surface area contributed by atoms with E-state index in [-0.39, 0.29) is 58.7 Å². The summed E-state index contributed by atoms with van der Waals surface area (Å²) in [5, 5.41) is 10.8. The molecule has 3 saturated heterocycles. The largest absolute Gasteiger partial charge is 0.466 e. The highest BCUT2D eigenvalue weighted by Crippen LogP contribution is 2.38. The molecule has 0 aromatic heterocycles. The van der Waals surface area contributed by atoms with Gasteiger partial charge in [0, 0.05) is 67.2 Å². The Kier molecular flexibility index (Phi) is 34.0. The van der Waals surface area contributed by atoms with Crippen LogP contribution in [0.25, 0.3) is 0 Å². The molecule has 0 bridgehead atoms. The topological polar surface area (TPSA) is 391 Å². The Labute approximate surface area is 615 Å². The number of Topliss-reactive ketones (excluding diaryl/α,β-unsaturated/α-hetero) is 1. The third kappa shape index (κ3) is 27.8. The highest BCUT2D eigenvalue weighted by molar-refractivity contribution is 6.67. The zero-order valence-electron chi connectivity index (χ0n) is 59.0. The van der Waals surface area contributed by atoms with Crippen molar-refractivity contribution in [1.29, 1.82) is 0 Å². The predicted molar refractivity (Wildman–Crippen MR) is 362 cm³/mol. The highest BCUT2D eigenvalue weighted by atomic mass is 35.6. The van der Waals surface area contributed by atoms with Crippen molar-refractivity contribution in [1.82, 2.24) is 21.3 Å². The third-order valence-corrected chi connectivity index (χ3v) is 16.4. The first-order valence-corrected chi connectivity index (χ1v) is 34.5. The Morgan fingerprint density at radius 1 is 0.423 bits per heavy atom. The molecule has 0 radical (unpaired) electrons. The van der Waals surface area contributed by atoms with Gasteiger partial charge in [0.15, 0.2) is 43.1 Å². The van der Waals surface area contributed by atoms with Crippen LogP contribution in [-0.4, -0.2) is 205 Å². The first kappa shape index (κ1) is 85.0. The second-order valence-corrected chi connectivity index (χ2v) is 26.9. The highest BCUT2D eigenvalue weighted by Gasteiger charge is 2.58. The molecule has 34 heteroatoms. The van der Waals surface area contributed by atoms with E-state index in [1.165, 1.54) is 27.7 Å². The van der Waals surface area contributed by atoms with E-state index in [4.69, 9.17) is 106 Å². The molecule has 104 heavy (non-hydrogen) atoms. The van der Waals surface area contributed by atoms with Crippen LogP contribution in [0.3, 0.4) is 0 Å². The zero-order chi connectivity index (χ0) is 76.4. The summed E-state index contributed by atoms with van der Waals surface area (Å²) >= 11 is 18.8. The number of esters is 7. The van der Waals surface area contributed by atoms with E-state index < -0.39 is 198 Å². The molecule has 0 aliphatic carbocycles. The molecule has 31 nitrogen and oxygen atoms in total. The second-order valence-electron chi connectivity index (χ2n) is 24.6. The average Bonchev–Trinajstić information content (AvgIpc) is 0.762. The quantitative estimate of drug-likeness (QED) is 0.0267. The smallest absolute Gasteiger partial charge is 0.306 e. The molecule has 4 amide bonds. The summed E-state index contributed by atoms with van der Waals surface area (Å²) in [5.41, 5.74) is 1.64. The molecule has 3 aliphatic heterocycles. The van der Waals surface area contributed by atoms with Crippen LogP contribution in [0, 0.1) is 0 Å². The molecule has 3 aromatic carbocycles. The second kappa shape index (κ2) is 41.7. The summed E-state index contributed by atoms with van der Waals surface area (Å²) in [7, 11) is 0. The summed E-state index contributed by atoms with van der Waals surface area (Å²) in [6, 6.07) is 21.5. The van der Waals surface area contributed by atoms with Gasteiger partial charge in [0.2, 0.25) is 0 Å². The molecule has 3 aromatic rings. The van der Waals surface area contributed by atoms with E-state index in [0.29, 0.717) is 16.7 Å². The summed E-state index contributed by atoms with van der Waals surface area (Å²) in [5.74, 6) is -10.2. The fraction of sp³-hybridized carbons (Fsp3) is 0.571. The van der Waals surface area contributed by atoms with Crippen LogP contribution >= 0.6 is 34.8 Å².